The molecule has 0 aromatic rings. The first kappa shape index (κ1) is 15.6. The molecule has 0 bridgehead atoms. The number of hydrogen-bond donors (Lipinski definition) is 1. The molecule has 0 aromatic carbocycles. The van der Waals surface area contributed by atoms with E-state index in [0.29, 0.717) is 0 Å². The Morgan fingerprint density at radius 3 is 1.79 bits per heavy atom. The molecule has 0 spiro atoms. The monoisotopic (exact) mass is 201 g/mol. The van der Waals surface area contributed by atoms with Gasteiger partial charge in [-0.15, -0.1) is 0 Å². The van der Waals surface area contributed by atoms with Crippen LogP contribution in [0, 0.1) is 11.8 Å². The molecule has 0 aromatic heterocycles. The first-order valence-corrected chi connectivity index (χ1v) is 5.43. The second-order valence-electron chi connectivity index (χ2n) is 2.76. The van der Waals surface area contributed by atoms with E-state index in [1.54, 1.807) is 13.8 Å². The summed E-state index contributed by atoms with van der Waals surface area (Å²) in [5.74, 6) is -0.130. The van der Waals surface area contributed by atoms with Crippen molar-refractivity contribution in [3.8, 4) is 0 Å². The lowest BCUT2D eigenvalue weighted by atomic mass is 9.88. The minimum absolute atomic E-state index is 0.00731. The van der Waals surface area contributed by atoms with Crippen LogP contribution in [0.4, 0.5) is 0 Å². The molecule has 1 amide bonds. The molecular formula is C11H23NO2. The highest BCUT2D eigenvalue weighted by molar-refractivity contribution is 5.95. The van der Waals surface area contributed by atoms with Crippen molar-refractivity contribution in [3.05, 3.63) is 0 Å². The third kappa shape index (κ3) is 4.40. The van der Waals surface area contributed by atoms with E-state index in [0.717, 1.165) is 0 Å². The Hall–Kier alpha value is -0.860. The summed E-state index contributed by atoms with van der Waals surface area (Å²) in [5.41, 5.74) is 0. The van der Waals surface area contributed by atoms with Crippen LogP contribution >= 0.6 is 0 Å². The van der Waals surface area contributed by atoms with Gasteiger partial charge in [-0.05, 0) is 0 Å². The fourth-order valence-electron chi connectivity index (χ4n) is 1.00. The largest absolute Gasteiger partial charge is 0.349 e. The third-order valence-electron chi connectivity index (χ3n) is 2.11. The van der Waals surface area contributed by atoms with Gasteiger partial charge in [-0.1, -0.05) is 41.5 Å². The van der Waals surface area contributed by atoms with Crippen molar-refractivity contribution in [2.24, 2.45) is 11.8 Å². The van der Waals surface area contributed by atoms with E-state index in [1.807, 2.05) is 27.7 Å². The third-order valence-corrected chi connectivity index (χ3v) is 2.11. The molecule has 0 aliphatic carbocycles. The van der Waals surface area contributed by atoms with Gasteiger partial charge in [-0.25, -0.2) is 0 Å². The van der Waals surface area contributed by atoms with Gasteiger partial charge in [-0.3, -0.25) is 9.59 Å². The van der Waals surface area contributed by atoms with Crippen LogP contribution in [0.3, 0.4) is 0 Å². The summed E-state index contributed by atoms with van der Waals surface area (Å²) in [6, 6.07) is 0. The van der Waals surface area contributed by atoms with Crippen molar-refractivity contribution in [1.29, 1.82) is 0 Å². The van der Waals surface area contributed by atoms with E-state index >= 15 is 0 Å². The van der Waals surface area contributed by atoms with Crippen LogP contribution in [-0.4, -0.2) is 18.2 Å². The molecule has 2 atom stereocenters. The lowest BCUT2D eigenvalue weighted by molar-refractivity contribution is -0.137. The normalized spacial score (nSPS) is 25.0. The Labute approximate surface area is 87.3 Å². The lowest BCUT2D eigenvalue weighted by Crippen LogP contribution is -2.46. The first-order chi connectivity index (χ1) is 6.63. The van der Waals surface area contributed by atoms with Crippen LogP contribution in [0.25, 0.3) is 0 Å². The van der Waals surface area contributed by atoms with Crippen molar-refractivity contribution in [1.82, 2.24) is 5.32 Å². The van der Waals surface area contributed by atoms with Gasteiger partial charge < -0.3 is 5.32 Å². The van der Waals surface area contributed by atoms with Gasteiger partial charge >= 0.3 is 0 Å². The number of Topliss-reactive ketones (excluding diaryl/α,β-unsaturated/α-hetero) is 1. The number of ketones is 1. The average molecular weight is 201 g/mol. The second kappa shape index (κ2) is 8.73. The average Bonchev–Trinajstić information content (AvgIpc) is 2.26. The van der Waals surface area contributed by atoms with E-state index in [-0.39, 0.29) is 30.1 Å². The molecule has 1 fully saturated rings. The SMILES string of the molecule is CC.CC.CC1C(=O)CNC(=O)C1C. The van der Waals surface area contributed by atoms with E-state index in [4.69, 9.17) is 0 Å². The standard InChI is InChI=1S/C7H11NO2.2C2H6/c1-4-5(2)7(10)8-3-6(4)9;2*1-2/h4-5H,3H2,1-2H3,(H,8,10);2*1-2H3. The minimum Gasteiger partial charge on any atom is -0.349 e. The highest BCUT2D eigenvalue weighted by Gasteiger charge is 2.30. The van der Waals surface area contributed by atoms with Crippen molar-refractivity contribution in [2.45, 2.75) is 41.5 Å². The molecule has 0 saturated carbocycles. The van der Waals surface area contributed by atoms with Gasteiger partial charge in [-0.2, -0.15) is 0 Å². The fraction of sp³-hybridized carbons (Fsp3) is 0.818. The van der Waals surface area contributed by atoms with Crippen molar-refractivity contribution < 1.29 is 9.59 Å². The number of amides is 1. The summed E-state index contributed by atoms with van der Waals surface area (Å²) in [5, 5.41) is 2.52. The van der Waals surface area contributed by atoms with Gasteiger partial charge in [0.15, 0.2) is 5.78 Å². The Morgan fingerprint density at radius 2 is 1.43 bits per heavy atom. The molecule has 14 heavy (non-hydrogen) atoms. The van der Waals surface area contributed by atoms with Gasteiger partial charge in [0, 0.05) is 11.8 Å². The first-order valence-electron chi connectivity index (χ1n) is 5.43. The summed E-state index contributed by atoms with van der Waals surface area (Å²) in [6.45, 7) is 11.8. The number of carbonyl (C=O) groups excluding carboxylic acids is 2. The van der Waals surface area contributed by atoms with Crippen LogP contribution in [0.5, 0.6) is 0 Å². The number of nitrogens with one attached hydrogen (secondary N) is 1. The minimum atomic E-state index is -0.152. The summed E-state index contributed by atoms with van der Waals surface area (Å²) in [6.07, 6.45) is 0. The van der Waals surface area contributed by atoms with E-state index in [2.05, 4.69) is 5.32 Å². The molecular weight excluding hydrogens is 178 g/mol. The van der Waals surface area contributed by atoms with Gasteiger partial charge in [0.05, 0.1) is 6.54 Å². The summed E-state index contributed by atoms with van der Waals surface area (Å²) in [7, 11) is 0. The smallest absolute Gasteiger partial charge is 0.223 e. The summed E-state index contributed by atoms with van der Waals surface area (Å²) < 4.78 is 0. The van der Waals surface area contributed by atoms with Gasteiger partial charge in [0.2, 0.25) is 5.91 Å². The lowest BCUT2D eigenvalue weighted by Gasteiger charge is -2.23. The van der Waals surface area contributed by atoms with Crippen molar-refractivity contribution in [2.75, 3.05) is 6.54 Å². The van der Waals surface area contributed by atoms with E-state index < -0.39 is 0 Å². The quantitative estimate of drug-likeness (QED) is 0.651. The zero-order chi connectivity index (χ0) is 11.7. The molecule has 1 aliphatic heterocycles. The molecule has 84 valence electrons. The maximum Gasteiger partial charge on any atom is 0.223 e. The zero-order valence-corrected chi connectivity index (χ0v) is 10.2. The molecule has 1 N–H and O–H groups in total. The van der Waals surface area contributed by atoms with Crippen LogP contribution in [0.15, 0.2) is 0 Å². The molecule has 1 rings (SSSR count). The predicted octanol–water partition coefficient (Wildman–Crippen LogP) is 2.01. The highest BCUT2D eigenvalue weighted by atomic mass is 16.2. The molecule has 1 aliphatic rings. The van der Waals surface area contributed by atoms with Crippen LogP contribution in [-0.2, 0) is 9.59 Å². The molecule has 3 heteroatoms. The second-order valence-corrected chi connectivity index (χ2v) is 2.76. The van der Waals surface area contributed by atoms with Gasteiger partial charge in [0.25, 0.3) is 0 Å². The van der Waals surface area contributed by atoms with E-state index in [1.165, 1.54) is 0 Å². The maximum atomic E-state index is 10.9. The molecule has 2 unspecified atom stereocenters. The summed E-state index contributed by atoms with van der Waals surface area (Å²) >= 11 is 0. The number of rotatable bonds is 0. The number of hydrogen-bond acceptors (Lipinski definition) is 2. The summed E-state index contributed by atoms with van der Waals surface area (Å²) in [4.78, 5) is 21.8. The van der Waals surface area contributed by atoms with Gasteiger partial charge in [0.1, 0.15) is 0 Å². The van der Waals surface area contributed by atoms with Crippen LogP contribution < -0.4 is 5.32 Å². The Bertz CT molecular complexity index is 158. The van der Waals surface area contributed by atoms with E-state index in [9.17, 15) is 9.59 Å². The maximum absolute atomic E-state index is 10.9. The topological polar surface area (TPSA) is 46.2 Å². The van der Waals surface area contributed by atoms with Crippen molar-refractivity contribution in [3.63, 3.8) is 0 Å². The molecule has 1 saturated heterocycles. The Balaban J connectivity index is 0. The molecule has 0 radical (unpaired) electrons. The number of carbonyl (C=O) groups is 2. The zero-order valence-electron chi connectivity index (χ0n) is 10.2. The number of piperidine rings is 1. The Kier molecular flexibility index (Phi) is 9.73. The van der Waals surface area contributed by atoms with Crippen LogP contribution in [0.1, 0.15) is 41.5 Å². The Morgan fingerprint density at radius 1 is 1.00 bits per heavy atom. The van der Waals surface area contributed by atoms with Crippen molar-refractivity contribution >= 4 is 11.7 Å². The highest BCUT2D eigenvalue weighted by Crippen LogP contribution is 2.14. The fourth-order valence-corrected chi connectivity index (χ4v) is 1.00. The molecule has 3 nitrogen and oxygen atoms in total. The molecule has 1 heterocycles. The predicted molar refractivity (Wildman–Crippen MR) is 59.0 cm³/mol. The van der Waals surface area contributed by atoms with Crippen LogP contribution in [0.2, 0.25) is 0 Å².